The molecule has 2 aromatic heterocycles. The van der Waals surface area contributed by atoms with Crippen LogP contribution in [0.15, 0.2) is 30.6 Å². The van der Waals surface area contributed by atoms with E-state index in [0.29, 0.717) is 5.82 Å². The van der Waals surface area contributed by atoms with Crippen LogP contribution in [0, 0.1) is 0 Å². The van der Waals surface area contributed by atoms with Gasteiger partial charge in [-0.1, -0.05) is 6.92 Å². The molecule has 0 radical (unpaired) electrons. The van der Waals surface area contributed by atoms with Gasteiger partial charge < -0.3 is 5.32 Å². The number of alkyl halides is 3. The zero-order chi connectivity index (χ0) is 14.8. The van der Waals surface area contributed by atoms with Crippen LogP contribution in [-0.2, 0) is 6.18 Å². The minimum Gasteiger partial charge on any atom is -0.310 e. The van der Waals surface area contributed by atoms with Gasteiger partial charge in [0.15, 0.2) is 11.5 Å². The molecule has 0 bridgehead atoms. The maximum atomic E-state index is 12.5. The summed E-state index contributed by atoms with van der Waals surface area (Å²) in [7, 11) is 0. The average Bonchev–Trinajstić information content (AvgIpc) is 2.89. The SMILES string of the molecule is CCNC(C)c1ccnc(-n2ccc(C(F)(F)F)n2)c1. The van der Waals surface area contributed by atoms with Crippen LogP contribution < -0.4 is 5.32 Å². The zero-order valence-electron chi connectivity index (χ0n) is 11.1. The number of rotatable bonds is 4. The zero-order valence-corrected chi connectivity index (χ0v) is 11.1. The summed E-state index contributed by atoms with van der Waals surface area (Å²) in [4.78, 5) is 4.05. The van der Waals surface area contributed by atoms with Gasteiger partial charge in [0.05, 0.1) is 0 Å². The predicted molar refractivity (Wildman–Crippen MR) is 68.5 cm³/mol. The van der Waals surface area contributed by atoms with Gasteiger partial charge in [0, 0.05) is 18.4 Å². The summed E-state index contributed by atoms with van der Waals surface area (Å²) in [5.41, 5.74) is 0.0188. The third-order valence-corrected chi connectivity index (χ3v) is 2.89. The standard InChI is InChI=1S/C13H15F3N4/c1-3-17-9(2)10-4-6-18-12(8-10)20-7-5-11(19-20)13(14,15)16/h4-9,17H,3H2,1-2H3. The first-order chi connectivity index (χ1) is 9.41. The molecule has 108 valence electrons. The van der Waals surface area contributed by atoms with Crippen LogP contribution in [0.25, 0.3) is 5.82 Å². The van der Waals surface area contributed by atoms with Crippen molar-refractivity contribution in [2.24, 2.45) is 0 Å². The summed E-state index contributed by atoms with van der Waals surface area (Å²) in [6.07, 6.45) is -1.62. The van der Waals surface area contributed by atoms with Crippen molar-refractivity contribution >= 4 is 0 Å². The van der Waals surface area contributed by atoms with Crippen molar-refractivity contribution in [1.29, 1.82) is 0 Å². The van der Waals surface area contributed by atoms with Crippen LogP contribution in [0.2, 0.25) is 0 Å². The van der Waals surface area contributed by atoms with Crippen molar-refractivity contribution in [3.63, 3.8) is 0 Å². The molecule has 0 spiro atoms. The van der Waals surface area contributed by atoms with E-state index in [1.54, 1.807) is 12.3 Å². The lowest BCUT2D eigenvalue weighted by Crippen LogP contribution is -2.18. The summed E-state index contributed by atoms with van der Waals surface area (Å²) in [5, 5.41) is 6.74. The van der Waals surface area contributed by atoms with Crippen LogP contribution >= 0.6 is 0 Å². The molecule has 4 nitrogen and oxygen atoms in total. The molecule has 0 aromatic carbocycles. The molecule has 0 saturated carbocycles. The minimum atomic E-state index is -4.44. The first-order valence-corrected chi connectivity index (χ1v) is 6.24. The Hall–Kier alpha value is -1.89. The van der Waals surface area contributed by atoms with E-state index >= 15 is 0 Å². The van der Waals surface area contributed by atoms with E-state index in [-0.39, 0.29) is 6.04 Å². The van der Waals surface area contributed by atoms with Gasteiger partial charge in [-0.2, -0.15) is 18.3 Å². The maximum Gasteiger partial charge on any atom is 0.435 e. The van der Waals surface area contributed by atoms with Crippen LogP contribution in [0.4, 0.5) is 13.2 Å². The van der Waals surface area contributed by atoms with E-state index in [1.807, 2.05) is 19.9 Å². The molecule has 2 aromatic rings. The van der Waals surface area contributed by atoms with Crippen molar-refractivity contribution in [1.82, 2.24) is 20.1 Å². The fraction of sp³-hybridized carbons (Fsp3) is 0.385. The highest BCUT2D eigenvalue weighted by molar-refractivity contribution is 5.29. The topological polar surface area (TPSA) is 42.7 Å². The Morgan fingerprint density at radius 2 is 2.10 bits per heavy atom. The van der Waals surface area contributed by atoms with Gasteiger partial charge in [-0.15, -0.1) is 0 Å². The van der Waals surface area contributed by atoms with Gasteiger partial charge in [-0.25, -0.2) is 9.67 Å². The van der Waals surface area contributed by atoms with E-state index in [1.165, 1.54) is 6.20 Å². The molecule has 1 N–H and O–H groups in total. The molecule has 7 heteroatoms. The molecule has 2 rings (SSSR count). The molecule has 0 aliphatic carbocycles. The third-order valence-electron chi connectivity index (χ3n) is 2.89. The summed E-state index contributed by atoms with van der Waals surface area (Å²) in [6, 6.07) is 4.58. The Kier molecular flexibility index (Phi) is 4.08. The highest BCUT2D eigenvalue weighted by Gasteiger charge is 2.33. The van der Waals surface area contributed by atoms with E-state index < -0.39 is 11.9 Å². The van der Waals surface area contributed by atoms with Crippen molar-refractivity contribution in [3.05, 3.63) is 41.9 Å². The molecule has 0 aliphatic heterocycles. The normalized spacial score (nSPS) is 13.4. The Balaban J connectivity index is 2.29. The molecular formula is C13H15F3N4. The van der Waals surface area contributed by atoms with Gasteiger partial charge in [0.25, 0.3) is 0 Å². The number of halogens is 3. The Morgan fingerprint density at radius 3 is 2.70 bits per heavy atom. The second kappa shape index (κ2) is 5.62. The molecule has 2 heterocycles. The number of hydrogen-bond acceptors (Lipinski definition) is 3. The average molecular weight is 284 g/mol. The molecule has 20 heavy (non-hydrogen) atoms. The largest absolute Gasteiger partial charge is 0.435 e. The van der Waals surface area contributed by atoms with E-state index in [2.05, 4.69) is 15.4 Å². The second-order valence-corrected chi connectivity index (χ2v) is 4.37. The third kappa shape index (κ3) is 3.16. The quantitative estimate of drug-likeness (QED) is 0.938. The summed E-state index contributed by atoms with van der Waals surface area (Å²) < 4.78 is 38.7. The van der Waals surface area contributed by atoms with Crippen molar-refractivity contribution < 1.29 is 13.2 Å². The van der Waals surface area contributed by atoms with Gasteiger partial charge >= 0.3 is 6.18 Å². The van der Waals surface area contributed by atoms with E-state index in [9.17, 15) is 13.2 Å². The van der Waals surface area contributed by atoms with E-state index in [4.69, 9.17) is 0 Å². The Morgan fingerprint density at radius 1 is 1.35 bits per heavy atom. The molecule has 1 unspecified atom stereocenters. The fourth-order valence-electron chi connectivity index (χ4n) is 1.86. The monoisotopic (exact) mass is 284 g/mol. The van der Waals surface area contributed by atoms with Crippen LogP contribution in [0.1, 0.15) is 31.1 Å². The maximum absolute atomic E-state index is 12.5. The highest BCUT2D eigenvalue weighted by atomic mass is 19.4. The highest BCUT2D eigenvalue weighted by Crippen LogP contribution is 2.27. The van der Waals surface area contributed by atoms with Crippen molar-refractivity contribution in [2.75, 3.05) is 6.54 Å². The first kappa shape index (κ1) is 14.5. The summed E-state index contributed by atoms with van der Waals surface area (Å²) in [5.74, 6) is 0.364. The molecule has 0 amide bonds. The van der Waals surface area contributed by atoms with Crippen LogP contribution in [-0.4, -0.2) is 21.3 Å². The predicted octanol–water partition coefficient (Wildman–Crippen LogP) is 2.96. The second-order valence-electron chi connectivity index (χ2n) is 4.37. The number of nitrogens with zero attached hydrogens (tertiary/aromatic N) is 3. The van der Waals surface area contributed by atoms with Crippen molar-refractivity contribution in [2.45, 2.75) is 26.1 Å². The number of pyridine rings is 1. The van der Waals surface area contributed by atoms with E-state index in [0.717, 1.165) is 22.9 Å². The number of nitrogens with one attached hydrogen (secondary N) is 1. The lowest BCUT2D eigenvalue weighted by Gasteiger charge is -2.13. The number of aromatic nitrogens is 3. The summed E-state index contributed by atoms with van der Waals surface area (Å²) >= 11 is 0. The molecule has 1 atom stereocenters. The fourth-order valence-corrected chi connectivity index (χ4v) is 1.86. The number of hydrogen-bond donors (Lipinski definition) is 1. The molecular weight excluding hydrogens is 269 g/mol. The van der Waals surface area contributed by atoms with Gasteiger partial charge in [0.1, 0.15) is 0 Å². The molecule has 0 saturated heterocycles. The van der Waals surface area contributed by atoms with Gasteiger partial charge in [-0.05, 0) is 37.2 Å². The first-order valence-electron chi connectivity index (χ1n) is 6.24. The molecule has 0 aliphatic rings. The lowest BCUT2D eigenvalue weighted by atomic mass is 10.1. The van der Waals surface area contributed by atoms with Crippen molar-refractivity contribution in [3.8, 4) is 5.82 Å². The van der Waals surface area contributed by atoms with Crippen LogP contribution in [0.5, 0.6) is 0 Å². The lowest BCUT2D eigenvalue weighted by molar-refractivity contribution is -0.141. The molecule has 0 fully saturated rings. The van der Waals surface area contributed by atoms with Gasteiger partial charge in [-0.3, -0.25) is 0 Å². The van der Waals surface area contributed by atoms with Crippen LogP contribution in [0.3, 0.4) is 0 Å². The minimum absolute atomic E-state index is 0.0967. The Labute approximate surface area is 114 Å². The smallest absolute Gasteiger partial charge is 0.310 e. The summed E-state index contributed by atoms with van der Waals surface area (Å²) in [6.45, 7) is 4.77. The van der Waals surface area contributed by atoms with Gasteiger partial charge in [0.2, 0.25) is 0 Å². The Bertz CT molecular complexity index is 577.